The van der Waals surface area contributed by atoms with Crippen LogP contribution < -0.4 is 0 Å². The van der Waals surface area contributed by atoms with Crippen LogP contribution in [0.1, 0.15) is 32.6 Å². The normalized spacial score (nSPS) is 16.4. The number of hydrogen-bond donors (Lipinski definition) is 5. The highest BCUT2D eigenvalue weighted by Gasteiger charge is 2.33. The summed E-state index contributed by atoms with van der Waals surface area (Å²) < 4.78 is 16.2. The number of carbonyl (C=O) groups is 1. The maximum Gasteiger partial charge on any atom is 0.306 e. The van der Waals surface area contributed by atoms with Crippen LogP contribution in [0.15, 0.2) is 0 Å². The molecule has 144 valence electrons. The molecule has 0 heterocycles. The average Bonchev–Trinajstić information content (AvgIpc) is 2.55. The van der Waals surface area contributed by atoms with Gasteiger partial charge < -0.3 is 24.4 Å². The third kappa shape index (κ3) is 11.1. The molecule has 0 radical (unpaired) electrons. The highest BCUT2D eigenvalue weighted by molar-refractivity contribution is 7.80. The zero-order valence-electron chi connectivity index (χ0n) is 14.1. The Morgan fingerprint density at radius 1 is 0.958 bits per heavy atom. The van der Waals surface area contributed by atoms with Crippen LogP contribution in [0.25, 0.3) is 0 Å². The van der Waals surface area contributed by atoms with Gasteiger partial charge in [0, 0.05) is 18.6 Å². The standard InChI is InChI=1S/C15H30O6S3/c1-2-15(9-19-12(16)3-6-22,10-20-13(17)4-7-23)11-21-14(18)5-8-24/h12-13,16-17,22-24H,2-11H2,1H3. The van der Waals surface area contributed by atoms with Gasteiger partial charge in [-0.3, -0.25) is 4.79 Å². The van der Waals surface area contributed by atoms with Crippen LogP contribution in [-0.4, -0.2) is 65.8 Å². The van der Waals surface area contributed by atoms with Gasteiger partial charge >= 0.3 is 5.97 Å². The van der Waals surface area contributed by atoms with Crippen molar-refractivity contribution in [1.29, 1.82) is 0 Å². The van der Waals surface area contributed by atoms with Crippen molar-refractivity contribution in [1.82, 2.24) is 0 Å². The molecule has 0 aromatic heterocycles. The highest BCUT2D eigenvalue weighted by Crippen LogP contribution is 2.26. The lowest BCUT2D eigenvalue weighted by Crippen LogP contribution is -2.40. The fourth-order valence-corrected chi connectivity index (χ4v) is 2.39. The Balaban J connectivity index is 4.75. The molecule has 0 bridgehead atoms. The minimum Gasteiger partial charge on any atom is -0.465 e. The fourth-order valence-electron chi connectivity index (χ4n) is 1.76. The molecule has 2 unspecified atom stereocenters. The number of hydrogen-bond acceptors (Lipinski definition) is 9. The van der Waals surface area contributed by atoms with Crippen molar-refractivity contribution in [2.75, 3.05) is 37.1 Å². The second-order valence-corrected chi connectivity index (χ2v) is 6.89. The molecule has 0 aliphatic rings. The summed E-state index contributed by atoms with van der Waals surface area (Å²) >= 11 is 12.1. The van der Waals surface area contributed by atoms with E-state index in [9.17, 15) is 15.0 Å². The molecule has 0 saturated heterocycles. The van der Waals surface area contributed by atoms with E-state index < -0.39 is 18.0 Å². The van der Waals surface area contributed by atoms with Crippen LogP contribution in [0.4, 0.5) is 0 Å². The smallest absolute Gasteiger partial charge is 0.306 e. The van der Waals surface area contributed by atoms with Crippen molar-refractivity contribution < 1.29 is 29.2 Å². The number of carbonyl (C=O) groups excluding carboxylic acids is 1. The molecule has 0 amide bonds. The Labute approximate surface area is 160 Å². The summed E-state index contributed by atoms with van der Waals surface area (Å²) in [5.41, 5.74) is -0.651. The summed E-state index contributed by atoms with van der Waals surface area (Å²) in [6.07, 6.45) is -0.290. The molecule has 0 aromatic rings. The van der Waals surface area contributed by atoms with E-state index in [4.69, 9.17) is 14.2 Å². The van der Waals surface area contributed by atoms with E-state index in [1.807, 2.05) is 6.92 Å². The summed E-state index contributed by atoms with van der Waals surface area (Å²) in [4.78, 5) is 11.6. The van der Waals surface area contributed by atoms with Crippen LogP contribution in [-0.2, 0) is 19.0 Å². The molecular formula is C15H30O6S3. The van der Waals surface area contributed by atoms with Crippen LogP contribution in [0.3, 0.4) is 0 Å². The summed E-state index contributed by atoms with van der Waals surface area (Å²) in [5.74, 6) is 1.05. The molecule has 0 aliphatic carbocycles. The molecule has 0 spiro atoms. The maximum atomic E-state index is 11.6. The molecular weight excluding hydrogens is 372 g/mol. The van der Waals surface area contributed by atoms with Gasteiger partial charge in [0.25, 0.3) is 0 Å². The second-order valence-electron chi connectivity index (χ2n) is 5.54. The van der Waals surface area contributed by atoms with Gasteiger partial charge in [-0.25, -0.2) is 0 Å². The number of ether oxygens (including phenoxy) is 3. The van der Waals surface area contributed by atoms with E-state index in [2.05, 4.69) is 37.9 Å². The lowest BCUT2D eigenvalue weighted by Gasteiger charge is -2.33. The van der Waals surface area contributed by atoms with E-state index in [-0.39, 0.29) is 32.2 Å². The van der Waals surface area contributed by atoms with Gasteiger partial charge in [0.15, 0.2) is 12.6 Å². The predicted octanol–water partition coefficient (Wildman–Crippen LogP) is 1.56. The lowest BCUT2D eigenvalue weighted by atomic mass is 9.88. The van der Waals surface area contributed by atoms with Crippen molar-refractivity contribution in [2.24, 2.45) is 5.41 Å². The van der Waals surface area contributed by atoms with Gasteiger partial charge in [-0.1, -0.05) is 6.92 Å². The second kappa shape index (κ2) is 14.5. The number of thiol groups is 3. The van der Waals surface area contributed by atoms with Crippen LogP contribution in [0, 0.1) is 5.41 Å². The Hall–Kier alpha value is 0.360. The Bertz CT molecular complexity index is 316. The topological polar surface area (TPSA) is 85.2 Å². The van der Waals surface area contributed by atoms with Crippen LogP contribution in [0.2, 0.25) is 0 Å². The third-order valence-corrected chi connectivity index (χ3v) is 4.26. The van der Waals surface area contributed by atoms with E-state index in [1.54, 1.807) is 0 Å². The first-order chi connectivity index (χ1) is 11.4. The number of aliphatic hydroxyl groups excluding tert-OH is 2. The molecule has 2 N–H and O–H groups in total. The van der Waals surface area contributed by atoms with Crippen molar-refractivity contribution in [2.45, 2.75) is 45.2 Å². The van der Waals surface area contributed by atoms with Crippen LogP contribution >= 0.6 is 37.9 Å². The number of aliphatic hydroxyl groups is 2. The highest BCUT2D eigenvalue weighted by atomic mass is 32.1. The summed E-state index contributed by atoms with van der Waals surface area (Å²) in [6.45, 7) is 2.27. The zero-order chi connectivity index (χ0) is 18.4. The zero-order valence-corrected chi connectivity index (χ0v) is 16.8. The van der Waals surface area contributed by atoms with Gasteiger partial charge in [0.1, 0.15) is 6.61 Å². The van der Waals surface area contributed by atoms with Crippen molar-refractivity contribution in [3.8, 4) is 0 Å². The maximum absolute atomic E-state index is 11.6. The summed E-state index contributed by atoms with van der Waals surface area (Å²) in [7, 11) is 0. The minimum absolute atomic E-state index is 0.0807. The molecule has 6 nitrogen and oxygen atoms in total. The van der Waals surface area contributed by atoms with Crippen LogP contribution in [0.5, 0.6) is 0 Å². The van der Waals surface area contributed by atoms with Gasteiger partial charge in [-0.15, -0.1) is 0 Å². The van der Waals surface area contributed by atoms with Gasteiger partial charge in [-0.2, -0.15) is 37.9 Å². The molecule has 0 aliphatic heterocycles. The molecule has 24 heavy (non-hydrogen) atoms. The lowest BCUT2D eigenvalue weighted by molar-refractivity contribution is -0.182. The van der Waals surface area contributed by atoms with E-state index in [1.165, 1.54) is 0 Å². The van der Waals surface area contributed by atoms with Crippen molar-refractivity contribution in [3.63, 3.8) is 0 Å². The van der Waals surface area contributed by atoms with E-state index >= 15 is 0 Å². The minimum atomic E-state index is -0.941. The van der Waals surface area contributed by atoms with Gasteiger partial charge in [0.2, 0.25) is 0 Å². The fraction of sp³-hybridized carbons (Fsp3) is 0.933. The molecule has 2 atom stereocenters. The first-order valence-electron chi connectivity index (χ1n) is 8.00. The Morgan fingerprint density at radius 3 is 1.83 bits per heavy atom. The molecule has 0 aromatic carbocycles. The quantitative estimate of drug-likeness (QED) is 0.162. The Morgan fingerprint density at radius 2 is 1.46 bits per heavy atom. The molecule has 0 fully saturated rings. The van der Waals surface area contributed by atoms with Crippen molar-refractivity contribution >= 4 is 43.9 Å². The van der Waals surface area contributed by atoms with Gasteiger partial charge in [-0.05, 0) is 17.9 Å². The summed E-state index contributed by atoms with van der Waals surface area (Å²) in [6, 6.07) is 0. The molecule has 0 saturated carbocycles. The van der Waals surface area contributed by atoms with E-state index in [0.29, 0.717) is 36.5 Å². The average molecular weight is 403 g/mol. The van der Waals surface area contributed by atoms with Gasteiger partial charge in [0.05, 0.1) is 25.0 Å². The largest absolute Gasteiger partial charge is 0.465 e. The first kappa shape index (κ1) is 24.4. The molecule has 9 heteroatoms. The monoisotopic (exact) mass is 402 g/mol. The third-order valence-electron chi connectivity index (χ3n) is 3.52. The Kier molecular flexibility index (Phi) is 14.7. The number of rotatable bonds is 15. The molecule has 0 rings (SSSR count). The predicted molar refractivity (Wildman–Crippen MR) is 103 cm³/mol. The first-order valence-corrected chi connectivity index (χ1v) is 9.90. The van der Waals surface area contributed by atoms with Crippen molar-refractivity contribution in [3.05, 3.63) is 0 Å². The summed E-state index contributed by atoms with van der Waals surface area (Å²) in [5, 5.41) is 19.5. The SMILES string of the molecule is CCC(COC(=O)CCS)(COC(O)CCS)COC(O)CCS. The number of esters is 1. The van der Waals surface area contributed by atoms with E-state index in [0.717, 1.165) is 0 Å².